The van der Waals surface area contributed by atoms with Gasteiger partial charge in [-0.3, -0.25) is 4.79 Å². The van der Waals surface area contributed by atoms with E-state index in [0.29, 0.717) is 13.0 Å². The van der Waals surface area contributed by atoms with Crippen LogP contribution in [0.1, 0.15) is 17.2 Å². The monoisotopic (exact) mass is 356 g/mol. The molecule has 4 nitrogen and oxygen atoms in total. The average Bonchev–Trinajstić information content (AvgIpc) is 2.76. The zero-order valence-corrected chi connectivity index (χ0v) is 15.8. The normalized spacial score (nSPS) is 17.4. The minimum atomic E-state index is 0.115. The van der Waals surface area contributed by atoms with E-state index in [0.717, 1.165) is 28.4 Å². The molecular formula is C20H24N2O2S. The summed E-state index contributed by atoms with van der Waals surface area (Å²) >= 11 is 1.77. The summed E-state index contributed by atoms with van der Waals surface area (Å²) < 4.78 is 5.24. The smallest absolute Gasteiger partial charge is 0.228 e. The van der Waals surface area contributed by atoms with Crippen LogP contribution in [-0.2, 0) is 4.79 Å². The van der Waals surface area contributed by atoms with Gasteiger partial charge in [-0.1, -0.05) is 24.3 Å². The lowest BCUT2D eigenvalue weighted by Crippen LogP contribution is -2.36. The molecule has 1 atom stereocenters. The minimum absolute atomic E-state index is 0.115. The number of nitrogens with zero attached hydrogens (tertiary/aromatic N) is 2. The molecule has 1 unspecified atom stereocenters. The number of carbonyl (C=O) groups is 1. The second-order valence-corrected chi connectivity index (χ2v) is 7.64. The highest BCUT2D eigenvalue weighted by molar-refractivity contribution is 7.99. The topological polar surface area (TPSA) is 32.8 Å². The number of ether oxygens (including phenoxy) is 1. The lowest BCUT2D eigenvalue weighted by Gasteiger charge is -2.24. The molecule has 2 aromatic carbocycles. The number of para-hydroxylation sites is 1. The first-order chi connectivity index (χ1) is 12.1. The molecule has 132 valence electrons. The van der Waals surface area contributed by atoms with Crippen LogP contribution in [0.3, 0.4) is 0 Å². The van der Waals surface area contributed by atoms with Gasteiger partial charge in [0, 0.05) is 29.7 Å². The predicted octanol–water partition coefficient (Wildman–Crippen LogP) is 3.83. The molecule has 25 heavy (non-hydrogen) atoms. The number of likely N-dealkylation sites (N-methyl/N-ethyl adjacent to an activating group) is 1. The number of rotatable bonds is 5. The van der Waals surface area contributed by atoms with Crippen LogP contribution in [0.25, 0.3) is 0 Å². The third-order valence-corrected chi connectivity index (χ3v) is 5.67. The summed E-state index contributed by atoms with van der Waals surface area (Å²) in [5.41, 5.74) is 2.18. The molecule has 5 heteroatoms. The van der Waals surface area contributed by atoms with E-state index in [1.807, 2.05) is 49.3 Å². The Kier molecular flexibility index (Phi) is 5.66. The fraction of sp³-hybridized carbons (Fsp3) is 0.350. The molecule has 0 fully saturated rings. The Morgan fingerprint density at radius 1 is 1.16 bits per heavy atom. The van der Waals surface area contributed by atoms with Crippen molar-refractivity contribution in [2.24, 2.45) is 0 Å². The van der Waals surface area contributed by atoms with Gasteiger partial charge in [0.1, 0.15) is 5.75 Å². The molecule has 1 amide bonds. The maximum Gasteiger partial charge on any atom is 0.228 e. The van der Waals surface area contributed by atoms with Gasteiger partial charge in [0.05, 0.1) is 12.8 Å². The summed E-state index contributed by atoms with van der Waals surface area (Å²) in [5, 5.41) is 0.115. The number of benzene rings is 2. The molecular weight excluding hydrogens is 332 g/mol. The van der Waals surface area contributed by atoms with Crippen molar-refractivity contribution in [2.75, 3.05) is 39.2 Å². The fourth-order valence-electron chi connectivity index (χ4n) is 2.93. The minimum Gasteiger partial charge on any atom is -0.497 e. The second kappa shape index (κ2) is 7.93. The molecule has 3 rings (SSSR count). The van der Waals surface area contributed by atoms with Crippen molar-refractivity contribution in [3.63, 3.8) is 0 Å². The second-order valence-electron chi connectivity index (χ2n) is 6.40. The molecule has 0 bridgehead atoms. The number of amides is 1. The van der Waals surface area contributed by atoms with Crippen molar-refractivity contribution >= 4 is 23.4 Å². The molecule has 1 aliphatic heterocycles. The van der Waals surface area contributed by atoms with Crippen LogP contribution in [-0.4, -0.2) is 45.1 Å². The molecule has 0 spiro atoms. The molecule has 0 aliphatic carbocycles. The number of fused-ring (bicyclic) bond motifs is 1. The van der Waals surface area contributed by atoms with Gasteiger partial charge in [0.15, 0.2) is 0 Å². The van der Waals surface area contributed by atoms with Gasteiger partial charge in [0.2, 0.25) is 5.91 Å². The number of anilines is 1. The number of thioether (sulfide) groups is 1. The van der Waals surface area contributed by atoms with Gasteiger partial charge >= 0.3 is 0 Å². The fourth-order valence-corrected chi connectivity index (χ4v) is 4.21. The summed E-state index contributed by atoms with van der Waals surface area (Å²) in [4.78, 5) is 18.2. The molecule has 1 aliphatic rings. The number of hydrogen-bond donors (Lipinski definition) is 0. The van der Waals surface area contributed by atoms with Crippen LogP contribution in [0, 0.1) is 0 Å². The Hall–Kier alpha value is -1.98. The van der Waals surface area contributed by atoms with Crippen molar-refractivity contribution in [3.05, 3.63) is 54.1 Å². The molecule has 0 saturated carbocycles. The van der Waals surface area contributed by atoms with E-state index >= 15 is 0 Å². The first-order valence-corrected chi connectivity index (χ1v) is 9.31. The highest BCUT2D eigenvalue weighted by Gasteiger charge is 2.29. The van der Waals surface area contributed by atoms with Gasteiger partial charge in [-0.2, -0.15) is 0 Å². The SMILES string of the molecule is COc1ccc(C2CC(=O)N(CCN(C)C)c3ccccc3S2)cc1. The molecule has 1 heterocycles. The highest BCUT2D eigenvalue weighted by atomic mass is 32.2. The van der Waals surface area contributed by atoms with Gasteiger partial charge < -0.3 is 14.5 Å². The largest absolute Gasteiger partial charge is 0.497 e. The van der Waals surface area contributed by atoms with Crippen LogP contribution in [0.4, 0.5) is 5.69 Å². The van der Waals surface area contributed by atoms with Crippen LogP contribution >= 0.6 is 11.8 Å². The van der Waals surface area contributed by atoms with Crippen molar-refractivity contribution in [2.45, 2.75) is 16.6 Å². The van der Waals surface area contributed by atoms with E-state index < -0.39 is 0 Å². The standard InChI is InChI=1S/C20H24N2O2S/c1-21(2)12-13-22-17-6-4-5-7-18(17)25-19(14-20(22)23)15-8-10-16(24-3)11-9-15/h4-11,19H,12-14H2,1-3H3. The Morgan fingerprint density at radius 3 is 2.56 bits per heavy atom. The Balaban J connectivity index is 1.90. The van der Waals surface area contributed by atoms with Gasteiger partial charge in [-0.25, -0.2) is 0 Å². The van der Waals surface area contributed by atoms with Gasteiger partial charge in [-0.05, 0) is 43.9 Å². The molecule has 0 saturated heterocycles. The molecule has 0 N–H and O–H groups in total. The Bertz CT molecular complexity index is 731. The van der Waals surface area contributed by atoms with Gasteiger partial charge in [0.25, 0.3) is 0 Å². The van der Waals surface area contributed by atoms with E-state index in [1.54, 1.807) is 18.9 Å². The van der Waals surface area contributed by atoms with Crippen LogP contribution in [0.15, 0.2) is 53.4 Å². The highest BCUT2D eigenvalue weighted by Crippen LogP contribution is 2.45. The summed E-state index contributed by atoms with van der Waals surface area (Å²) in [7, 11) is 5.73. The van der Waals surface area contributed by atoms with Crippen LogP contribution in [0.5, 0.6) is 5.75 Å². The third-order valence-electron chi connectivity index (χ3n) is 4.34. The maximum absolute atomic E-state index is 13.0. The van der Waals surface area contributed by atoms with Crippen molar-refractivity contribution < 1.29 is 9.53 Å². The summed E-state index contributed by atoms with van der Waals surface area (Å²) in [6.45, 7) is 1.55. The maximum atomic E-state index is 13.0. The third kappa shape index (κ3) is 4.17. The van der Waals surface area contributed by atoms with E-state index in [2.05, 4.69) is 23.1 Å². The summed E-state index contributed by atoms with van der Waals surface area (Å²) in [6.07, 6.45) is 0.499. The number of hydrogen-bond acceptors (Lipinski definition) is 4. The van der Waals surface area contributed by atoms with Crippen molar-refractivity contribution in [1.82, 2.24) is 4.90 Å². The number of carbonyl (C=O) groups excluding carboxylic acids is 1. The average molecular weight is 356 g/mol. The van der Waals surface area contributed by atoms with E-state index in [9.17, 15) is 4.79 Å². The first-order valence-electron chi connectivity index (χ1n) is 8.43. The Morgan fingerprint density at radius 2 is 1.88 bits per heavy atom. The molecule has 2 aromatic rings. The van der Waals surface area contributed by atoms with E-state index in [4.69, 9.17) is 4.74 Å². The van der Waals surface area contributed by atoms with Crippen molar-refractivity contribution in [3.8, 4) is 5.75 Å². The zero-order valence-electron chi connectivity index (χ0n) is 14.9. The predicted molar refractivity (Wildman–Crippen MR) is 104 cm³/mol. The first kappa shape index (κ1) is 17.8. The zero-order chi connectivity index (χ0) is 17.8. The van der Waals surface area contributed by atoms with Crippen LogP contribution in [0.2, 0.25) is 0 Å². The summed E-state index contributed by atoms with van der Waals surface area (Å²) in [5.74, 6) is 1.02. The van der Waals surface area contributed by atoms with E-state index in [-0.39, 0.29) is 11.2 Å². The lowest BCUT2D eigenvalue weighted by molar-refractivity contribution is -0.118. The van der Waals surface area contributed by atoms with E-state index in [1.165, 1.54) is 0 Å². The lowest BCUT2D eigenvalue weighted by atomic mass is 10.1. The van der Waals surface area contributed by atoms with Crippen molar-refractivity contribution in [1.29, 1.82) is 0 Å². The molecule has 0 aromatic heterocycles. The Labute approximate surface area is 153 Å². The quantitative estimate of drug-likeness (QED) is 0.815. The summed E-state index contributed by atoms with van der Waals surface area (Å²) in [6, 6.07) is 16.2. The van der Waals surface area contributed by atoms with Crippen LogP contribution < -0.4 is 9.64 Å². The van der Waals surface area contributed by atoms with Gasteiger partial charge in [-0.15, -0.1) is 11.8 Å². The molecule has 0 radical (unpaired) electrons. The number of methoxy groups -OCH3 is 1.